The first-order valence-corrected chi connectivity index (χ1v) is 8.71. The summed E-state index contributed by atoms with van der Waals surface area (Å²) in [6, 6.07) is 10.7. The number of pyridine rings is 1. The van der Waals surface area contributed by atoms with Crippen molar-refractivity contribution in [3.8, 4) is 11.5 Å². The topological polar surface area (TPSA) is 78.0 Å². The van der Waals surface area contributed by atoms with E-state index in [4.69, 9.17) is 14.2 Å². The highest BCUT2D eigenvalue weighted by molar-refractivity contribution is 5.78. The molecule has 0 aliphatic carbocycles. The molecule has 0 saturated carbocycles. The van der Waals surface area contributed by atoms with Gasteiger partial charge in [-0.15, -0.1) is 0 Å². The Balaban J connectivity index is 1.99. The minimum Gasteiger partial charge on any atom is -0.497 e. The molecule has 1 amide bonds. The molecule has 0 aliphatic rings. The molecule has 1 aromatic heterocycles. The minimum atomic E-state index is -0.338. The van der Waals surface area contributed by atoms with Gasteiger partial charge in [0.05, 0.1) is 20.1 Å². The average Bonchev–Trinajstić information content (AvgIpc) is 2.70. The van der Waals surface area contributed by atoms with E-state index in [1.54, 1.807) is 61.7 Å². The van der Waals surface area contributed by atoms with E-state index in [9.17, 15) is 9.59 Å². The lowest BCUT2D eigenvalue weighted by molar-refractivity contribution is -0.144. The summed E-state index contributed by atoms with van der Waals surface area (Å²) in [7, 11) is 1.56. The zero-order valence-electron chi connectivity index (χ0n) is 15.6. The summed E-state index contributed by atoms with van der Waals surface area (Å²) in [4.78, 5) is 29.9. The van der Waals surface area contributed by atoms with Crippen LogP contribution in [0.3, 0.4) is 0 Å². The lowest BCUT2D eigenvalue weighted by Gasteiger charge is -2.22. The van der Waals surface area contributed by atoms with Crippen LogP contribution in [0, 0.1) is 0 Å². The molecule has 0 unspecified atom stereocenters. The Bertz CT molecular complexity index is 736. The van der Waals surface area contributed by atoms with Crippen LogP contribution in [0.15, 0.2) is 48.8 Å². The molecule has 2 rings (SSSR count). The van der Waals surface area contributed by atoms with E-state index in [0.717, 1.165) is 5.56 Å². The average molecular weight is 372 g/mol. The molecule has 1 heterocycles. The maximum atomic E-state index is 12.6. The number of methoxy groups -OCH3 is 1. The van der Waals surface area contributed by atoms with Gasteiger partial charge in [0.1, 0.15) is 11.5 Å². The third-order valence-electron chi connectivity index (χ3n) is 3.74. The Morgan fingerprint density at radius 3 is 2.67 bits per heavy atom. The van der Waals surface area contributed by atoms with Crippen LogP contribution in [0.5, 0.6) is 11.5 Å². The Morgan fingerprint density at radius 1 is 1.15 bits per heavy atom. The highest BCUT2D eigenvalue weighted by Crippen LogP contribution is 2.19. The maximum Gasteiger partial charge on any atom is 0.307 e. The summed E-state index contributed by atoms with van der Waals surface area (Å²) in [5.74, 6) is 0.616. The van der Waals surface area contributed by atoms with Crippen LogP contribution in [-0.4, -0.2) is 48.6 Å². The quantitative estimate of drug-likeness (QED) is 0.596. The molecule has 0 bridgehead atoms. The molecule has 27 heavy (non-hydrogen) atoms. The second-order valence-corrected chi connectivity index (χ2v) is 5.70. The molecular weight excluding hydrogens is 348 g/mol. The number of esters is 1. The van der Waals surface area contributed by atoms with E-state index in [-0.39, 0.29) is 31.4 Å². The van der Waals surface area contributed by atoms with Crippen LogP contribution in [0.2, 0.25) is 0 Å². The van der Waals surface area contributed by atoms with Crippen molar-refractivity contribution in [3.05, 3.63) is 54.4 Å². The van der Waals surface area contributed by atoms with Crippen molar-refractivity contribution in [3.63, 3.8) is 0 Å². The zero-order valence-corrected chi connectivity index (χ0v) is 15.6. The number of benzene rings is 1. The summed E-state index contributed by atoms with van der Waals surface area (Å²) in [6.45, 7) is 2.50. The summed E-state index contributed by atoms with van der Waals surface area (Å²) in [5, 5.41) is 0. The number of amides is 1. The van der Waals surface area contributed by atoms with Gasteiger partial charge in [-0.3, -0.25) is 14.6 Å². The Hall–Kier alpha value is -3.09. The SMILES string of the molecule is CCOC(=O)CCN(Cc1cccnc1)C(=O)COc1cccc(OC)c1. The Morgan fingerprint density at radius 2 is 1.96 bits per heavy atom. The monoisotopic (exact) mass is 372 g/mol. The number of carbonyl (C=O) groups excluding carboxylic acids is 2. The van der Waals surface area contributed by atoms with Gasteiger partial charge in [0.2, 0.25) is 0 Å². The first-order chi connectivity index (χ1) is 13.1. The molecule has 0 radical (unpaired) electrons. The first-order valence-electron chi connectivity index (χ1n) is 8.71. The molecule has 144 valence electrons. The number of carbonyl (C=O) groups is 2. The Kier molecular flexibility index (Phi) is 8.09. The predicted molar refractivity (Wildman–Crippen MR) is 99.4 cm³/mol. The van der Waals surface area contributed by atoms with Crippen molar-refractivity contribution >= 4 is 11.9 Å². The van der Waals surface area contributed by atoms with E-state index in [1.807, 2.05) is 6.07 Å². The largest absolute Gasteiger partial charge is 0.497 e. The van der Waals surface area contributed by atoms with Gasteiger partial charge in [-0.2, -0.15) is 0 Å². The van der Waals surface area contributed by atoms with Gasteiger partial charge in [0, 0.05) is 31.5 Å². The van der Waals surface area contributed by atoms with Gasteiger partial charge in [-0.1, -0.05) is 12.1 Å². The van der Waals surface area contributed by atoms with Crippen LogP contribution < -0.4 is 9.47 Å². The summed E-state index contributed by atoms with van der Waals surface area (Å²) in [5.41, 5.74) is 0.871. The van der Waals surface area contributed by atoms with Gasteiger partial charge >= 0.3 is 5.97 Å². The molecule has 7 heteroatoms. The van der Waals surface area contributed by atoms with Crippen LogP contribution in [-0.2, 0) is 20.9 Å². The van der Waals surface area contributed by atoms with Gasteiger partial charge in [0.25, 0.3) is 5.91 Å². The summed E-state index contributed by atoms with van der Waals surface area (Å²) in [6.07, 6.45) is 3.48. The maximum absolute atomic E-state index is 12.6. The fourth-order valence-corrected chi connectivity index (χ4v) is 2.39. The molecule has 0 saturated heterocycles. The smallest absolute Gasteiger partial charge is 0.307 e. The van der Waals surface area contributed by atoms with E-state index in [1.165, 1.54) is 0 Å². The Labute approximate surface area is 158 Å². The molecule has 1 aromatic carbocycles. The lowest BCUT2D eigenvalue weighted by atomic mass is 10.2. The fraction of sp³-hybridized carbons (Fsp3) is 0.350. The van der Waals surface area contributed by atoms with Gasteiger partial charge in [-0.25, -0.2) is 0 Å². The number of rotatable bonds is 10. The molecule has 0 atom stereocenters. The van der Waals surface area contributed by atoms with E-state index in [0.29, 0.717) is 24.7 Å². The predicted octanol–water partition coefficient (Wildman–Crippen LogP) is 2.45. The van der Waals surface area contributed by atoms with Crippen molar-refractivity contribution in [2.45, 2.75) is 19.9 Å². The number of hydrogen-bond acceptors (Lipinski definition) is 6. The fourth-order valence-electron chi connectivity index (χ4n) is 2.39. The van der Waals surface area contributed by atoms with Gasteiger partial charge < -0.3 is 19.1 Å². The van der Waals surface area contributed by atoms with Crippen LogP contribution in [0.4, 0.5) is 0 Å². The highest BCUT2D eigenvalue weighted by atomic mass is 16.5. The standard InChI is InChI=1S/C20H24N2O5/c1-3-26-20(24)9-11-22(14-16-6-5-10-21-13-16)19(23)15-27-18-8-4-7-17(12-18)25-2/h4-8,10,12-13H,3,9,11,14-15H2,1-2H3. The molecule has 2 aromatic rings. The first kappa shape index (κ1) is 20.2. The molecule has 0 N–H and O–H groups in total. The highest BCUT2D eigenvalue weighted by Gasteiger charge is 2.17. The normalized spacial score (nSPS) is 10.1. The third-order valence-corrected chi connectivity index (χ3v) is 3.74. The van der Waals surface area contributed by atoms with Crippen molar-refractivity contribution in [2.75, 3.05) is 26.9 Å². The van der Waals surface area contributed by atoms with Crippen molar-refractivity contribution < 1.29 is 23.8 Å². The van der Waals surface area contributed by atoms with Gasteiger partial charge in [0.15, 0.2) is 6.61 Å². The van der Waals surface area contributed by atoms with E-state index in [2.05, 4.69) is 4.98 Å². The molecule has 0 aliphatic heterocycles. The summed E-state index contributed by atoms with van der Waals surface area (Å²) < 4.78 is 15.7. The minimum absolute atomic E-state index is 0.124. The second-order valence-electron chi connectivity index (χ2n) is 5.70. The third kappa shape index (κ3) is 6.97. The van der Waals surface area contributed by atoms with Crippen LogP contribution >= 0.6 is 0 Å². The number of hydrogen-bond donors (Lipinski definition) is 0. The number of nitrogens with zero attached hydrogens (tertiary/aromatic N) is 2. The van der Waals surface area contributed by atoms with E-state index < -0.39 is 0 Å². The van der Waals surface area contributed by atoms with Crippen molar-refractivity contribution in [1.82, 2.24) is 9.88 Å². The van der Waals surface area contributed by atoms with Crippen LogP contribution in [0.25, 0.3) is 0 Å². The number of ether oxygens (including phenoxy) is 3. The molecule has 0 spiro atoms. The molecule has 7 nitrogen and oxygen atoms in total. The molecular formula is C20H24N2O5. The molecule has 0 fully saturated rings. The lowest BCUT2D eigenvalue weighted by Crippen LogP contribution is -2.36. The van der Waals surface area contributed by atoms with Crippen molar-refractivity contribution in [2.24, 2.45) is 0 Å². The second kappa shape index (κ2) is 10.8. The van der Waals surface area contributed by atoms with Crippen molar-refractivity contribution in [1.29, 1.82) is 0 Å². The zero-order chi connectivity index (χ0) is 19.5. The van der Waals surface area contributed by atoms with Crippen LogP contribution in [0.1, 0.15) is 18.9 Å². The van der Waals surface area contributed by atoms with E-state index >= 15 is 0 Å². The number of aromatic nitrogens is 1. The summed E-state index contributed by atoms with van der Waals surface area (Å²) >= 11 is 0. The van der Waals surface area contributed by atoms with Gasteiger partial charge in [-0.05, 0) is 30.7 Å².